The highest BCUT2D eigenvalue weighted by Crippen LogP contribution is 2.31. The molecule has 1 fully saturated rings. The largest absolute Gasteiger partial charge is 0.416 e. The molecule has 0 bridgehead atoms. The van der Waals surface area contributed by atoms with Crippen LogP contribution in [0.25, 0.3) is 0 Å². The van der Waals surface area contributed by atoms with Gasteiger partial charge in [0.2, 0.25) is 0 Å². The van der Waals surface area contributed by atoms with Crippen LogP contribution >= 0.6 is 0 Å². The summed E-state index contributed by atoms with van der Waals surface area (Å²) >= 11 is 0. The first-order valence-corrected chi connectivity index (χ1v) is 6.61. The minimum Gasteiger partial charge on any atom is -0.338 e. The van der Waals surface area contributed by atoms with E-state index in [0.29, 0.717) is 37.7 Å². The number of hydrogen-bond acceptors (Lipinski definition) is 2. The summed E-state index contributed by atoms with van der Waals surface area (Å²) in [4.78, 5) is 13.5. The first-order chi connectivity index (χ1) is 9.70. The van der Waals surface area contributed by atoms with E-state index in [2.05, 4.69) is 0 Å². The van der Waals surface area contributed by atoms with E-state index in [0.717, 1.165) is 0 Å². The minimum absolute atomic E-state index is 0.0859. The summed E-state index contributed by atoms with van der Waals surface area (Å²) in [5.41, 5.74) is 4.17. The van der Waals surface area contributed by atoms with Crippen LogP contribution in [0.15, 0.2) is 18.2 Å². The van der Waals surface area contributed by atoms with E-state index in [1.165, 1.54) is 4.90 Å². The van der Waals surface area contributed by atoms with E-state index in [1.807, 2.05) is 6.92 Å². The third-order valence-electron chi connectivity index (χ3n) is 3.78. The molecule has 2 N–H and O–H groups in total. The number of benzene rings is 1. The average Bonchev–Trinajstić information content (AvgIpc) is 2.86. The van der Waals surface area contributed by atoms with E-state index >= 15 is 0 Å². The van der Waals surface area contributed by atoms with Crippen molar-refractivity contribution in [2.24, 2.45) is 11.7 Å². The topological polar surface area (TPSA) is 46.3 Å². The smallest absolute Gasteiger partial charge is 0.338 e. The van der Waals surface area contributed by atoms with Crippen molar-refractivity contribution in [2.45, 2.75) is 25.6 Å². The maximum absolute atomic E-state index is 13.7. The molecule has 3 nitrogen and oxygen atoms in total. The van der Waals surface area contributed by atoms with Crippen LogP contribution in [0.1, 0.15) is 29.3 Å². The second kappa shape index (κ2) is 5.63. The van der Waals surface area contributed by atoms with Crippen molar-refractivity contribution >= 4 is 5.91 Å². The molecule has 1 aromatic rings. The molecule has 1 saturated heterocycles. The standard InChI is InChI=1S/C14H16F4N2O/c1-8(19)9-4-5-20(7-9)13(21)11-6-10(14(16,17)18)2-3-12(11)15/h2-3,6,8-9H,4-5,7,19H2,1H3. The number of carbonyl (C=O) groups excluding carboxylic acids is 1. The highest BCUT2D eigenvalue weighted by molar-refractivity contribution is 5.94. The van der Waals surface area contributed by atoms with Gasteiger partial charge in [-0.3, -0.25) is 4.79 Å². The molecule has 0 saturated carbocycles. The summed E-state index contributed by atoms with van der Waals surface area (Å²) in [6.45, 7) is 2.52. The fraction of sp³-hybridized carbons (Fsp3) is 0.500. The summed E-state index contributed by atoms with van der Waals surface area (Å²) in [5, 5.41) is 0. The maximum Gasteiger partial charge on any atom is 0.416 e. The van der Waals surface area contributed by atoms with E-state index < -0.39 is 29.0 Å². The zero-order chi connectivity index (χ0) is 15.8. The first-order valence-electron chi connectivity index (χ1n) is 6.61. The van der Waals surface area contributed by atoms with Crippen molar-refractivity contribution in [1.82, 2.24) is 4.90 Å². The van der Waals surface area contributed by atoms with Crippen molar-refractivity contribution < 1.29 is 22.4 Å². The molecule has 0 aromatic heterocycles. The first kappa shape index (κ1) is 15.8. The Bertz CT molecular complexity index is 542. The Balaban J connectivity index is 2.24. The van der Waals surface area contributed by atoms with Gasteiger partial charge in [-0.2, -0.15) is 13.2 Å². The lowest BCUT2D eigenvalue weighted by atomic mass is 10.0. The summed E-state index contributed by atoms with van der Waals surface area (Å²) in [6.07, 6.45) is -3.94. The van der Waals surface area contributed by atoms with Crippen molar-refractivity contribution in [3.63, 3.8) is 0 Å². The molecular formula is C14H16F4N2O. The van der Waals surface area contributed by atoms with E-state index in [-0.39, 0.29) is 12.0 Å². The molecule has 21 heavy (non-hydrogen) atoms. The zero-order valence-corrected chi connectivity index (χ0v) is 11.5. The molecule has 2 atom stereocenters. The summed E-state index contributed by atoms with van der Waals surface area (Å²) < 4.78 is 51.6. The molecule has 116 valence electrons. The van der Waals surface area contributed by atoms with Gasteiger partial charge in [0.15, 0.2) is 0 Å². The van der Waals surface area contributed by atoms with Gasteiger partial charge < -0.3 is 10.6 Å². The van der Waals surface area contributed by atoms with Crippen molar-refractivity contribution in [3.05, 3.63) is 35.1 Å². The van der Waals surface area contributed by atoms with E-state index in [9.17, 15) is 22.4 Å². The van der Waals surface area contributed by atoms with Gasteiger partial charge in [0.05, 0.1) is 11.1 Å². The lowest BCUT2D eigenvalue weighted by molar-refractivity contribution is -0.137. The molecule has 1 aliphatic heterocycles. The average molecular weight is 304 g/mol. The van der Waals surface area contributed by atoms with Crippen LogP contribution in [0, 0.1) is 11.7 Å². The van der Waals surface area contributed by atoms with Crippen LogP contribution in [0.3, 0.4) is 0 Å². The SMILES string of the molecule is CC(N)C1CCN(C(=O)c2cc(C(F)(F)F)ccc2F)C1. The third kappa shape index (κ3) is 3.34. The van der Waals surface area contributed by atoms with Crippen LogP contribution in [0.4, 0.5) is 17.6 Å². The second-order valence-corrected chi connectivity index (χ2v) is 5.35. The Morgan fingerprint density at radius 2 is 2.10 bits per heavy atom. The monoisotopic (exact) mass is 304 g/mol. The molecule has 1 amide bonds. The summed E-state index contributed by atoms with van der Waals surface area (Å²) in [7, 11) is 0. The normalized spacial score (nSPS) is 20.7. The predicted molar refractivity (Wildman–Crippen MR) is 69.1 cm³/mol. The Labute approximate surface area is 119 Å². The maximum atomic E-state index is 13.7. The number of nitrogens with two attached hydrogens (primary N) is 1. The molecule has 7 heteroatoms. The van der Waals surface area contributed by atoms with Crippen molar-refractivity contribution in [3.8, 4) is 0 Å². The fourth-order valence-electron chi connectivity index (χ4n) is 2.44. The predicted octanol–water partition coefficient (Wildman–Crippen LogP) is 2.65. The van der Waals surface area contributed by atoms with E-state index in [1.54, 1.807) is 0 Å². The van der Waals surface area contributed by atoms with Gasteiger partial charge in [0, 0.05) is 19.1 Å². The van der Waals surface area contributed by atoms with Crippen molar-refractivity contribution in [2.75, 3.05) is 13.1 Å². The molecule has 0 spiro atoms. The van der Waals surface area contributed by atoms with Gasteiger partial charge in [-0.1, -0.05) is 0 Å². The van der Waals surface area contributed by atoms with Gasteiger partial charge in [-0.25, -0.2) is 4.39 Å². The number of hydrogen-bond donors (Lipinski definition) is 1. The van der Waals surface area contributed by atoms with Gasteiger partial charge in [-0.05, 0) is 37.5 Å². The molecule has 2 unspecified atom stereocenters. The van der Waals surface area contributed by atoms with Gasteiger partial charge in [-0.15, -0.1) is 0 Å². The van der Waals surface area contributed by atoms with Crippen LogP contribution < -0.4 is 5.73 Å². The quantitative estimate of drug-likeness (QED) is 0.854. The van der Waals surface area contributed by atoms with Crippen LogP contribution in [-0.2, 0) is 6.18 Å². The lowest BCUT2D eigenvalue weighted by Crippen LogP contribution is -2.33. The van der Waals surface area contributed by atoms with Gasteiger partial charge in [0.25, 0.3) is 5.91 Å². The van der Waals surface area contributed by atoms with Crippen molar-refractivity contribution in [1.29, 1.82) is 0 Å². The number of likely N-dealkylation sites (tertiary alicyclic amines) is 1. The lowest BCUT2D eigenvalue weighted by Gasteiger charge is -2.19. The third-order valence-corrected chi connectivity index (χ3v) is 3.78. The molecule has 1 aliphatic rings. The Morgan fingerprint density at radius 1 is 1.43 bits per heavy atom. The Hall–Kier alpha value is -1.63. The molecule has 0 aliphatic carbocycles. The van der Waals surface area contributed by atoms with Crippen LogP contribution in [-0.4, -0.2) is 29.9 Å². The highest BCUT2D eigenvalue weighted by Gasteiger charge is 2.34. The number of amides is 1. The molecule has 2 rings (SSSR count). The highest BCUT2D eigenvalue weighted by atomic mass is 19.4. The van der Waals surface area contributed by atoms with Gasteiger partial charge in [0.1, 0.15) is 5.82 Å². The number of rotatable bonds is 2. The van der Waals surface area contributed by atoms with Crippen LogP contribution in [0.5, 0.6) is 0 Å². The molecular weight excluding hydrogens is 288 g/mol. The minimum atomic E-state index is -4.61. The zero-order valence-electron chi connectivity index (χ0n) is 11.5. The number of carbonyl (C=O) groups is 1. The Kier molecular flexibility index (Phi) is 4.22. The van der Waals surface area contributed by atoms with Gasteiger partial charge >= 0.3 is 6.18 Å². The Morgan fingerprint density at radius 3 is 2.62 bits per heavy atom. The summed E-state index contributed by atoms with van der Waals surface area (Å²) in [5.74, 6) is -1.58. The summed E-state index contributed by atoms with van der Waals surface area (Å²) in [6, 6.07) is 1.75. The number of alkyl halides is 3. The number of nitrogens with zero attached hydrogens (tertiary/aromatic N) is 1. The second-order valence-electron chi connectivity index (χ2n) is 5.35. The molecule has 1 heterocycles. The fourth-order valence-corrected chi connectivity index (χ4v) is 2.44. The molecule has 1 aromatic carbocycles. The van der Waals surface area contributed by atoms with E-state index in [4.69, 9.17) is 5.73 Å². The van der Waals surface area contributed by atoms with Crippen LogP contribution in [0.2, 0.25) is 0 Å². The number of halogens is 4. The molecule has 0 radical (unpaired) electrons.